The highest BCUT2D eigenvalue weighted by Gasteiger charge is 2.38. The van der Waals surface area contributed by atoms with Gasteiger partial charge in [0.15, 0.2) is 0 Å². The van der Waals surface area contributed by atoms with E-state index in [1.165, 1.54) is 5.56 Å². The minimum atomic E-state index is -0.305. The highest BCUT2D eigenvalue weighted by atomic mass is 35.5. The summed E-state index contributed by atoms with van der Waals surface area (Å²) in [6, 6.07) is 10.7. The SMILES string of the molecule is CC1C(c2ccccc2)CCN1C(=O)C1CNCCO1.Cl. The van der Waals surface area contributed by atoms with Crippen molar-refractivity contribution < 1.29 is 9.53 Å². The van der Waals surface area contributed by atoms with Gasteiger partial charge in [-0.2, -0.15) is 0 Å². The Hall–Kier alpha value is -1.10. The second-order valence-electron chi connectivity index (χ2n) is 5.64. The van der Waals surface area contributed by atoms with Gasteiger partial charge >= 0.3 is 0 Å². The molecule has 21 heavy (non-hydrogen) atoms. The number of carbonyl (C=O) groups is 1. The van der Waals surface area contributed by atoms with E-state index < -0.39 is 0 Å². The molecule has 0 radical (unpaired) electrons. The summed E-state index contributed by atoms with van der Waals surface area (Å²) in [5, 5.41) is 3.22. The second-order valence-corrected chi connectivity index (χ2v) is 5.64. The molecule has 1 amide bonds. The molecule has 2 aliphatic rings. The summed E-state index contributed by atoms with van der Waals surface area (Å²) < 4.78 is 5.59. The molecule has 0 aliphatic carbocycles. The third-order valence-electron chi connectivity index (χ3n) is 4.47. The number of nitrogens with one attached hydrogen (secondary N) is 1. The van der Waals surface area contributed by atoms with Crippen LogP contribution in [0.5, 0.6) is 0 Å². The van der Waals surface area contributed by atoms with Gasteiger partial charge in [-0.15, -0.1) is 12.4 Å². The van der Waals surface area contributed by atoms with Crippen LogP contribution >= 0.6 is 12.4 Å². The molecule has 2 aliphatic heterocycles. The van der Waals surface area contributed by atoms with E-state index >= 15 is 0 Å². The maximum Gasteiger partial charge on any atom is 0.253 e. The van der Waals surface area contributed by atoms with Gasteiger partial charge in [-0.3, -0.25) is 4.79 Å². The van der Waals surface area contributed by atoms with E-state index in [1.807, 2.05) is 11.0 Å². The van der Waals surface area contributed by atoms with Gasteiger partial charge < -0.3 is 15.0 Å². The van der Waals surface area contributed by atoms with Crippen molar-refractivity contribution >= 4 is 18.3 Å². The lowest BCUT2D eigenvalue weighted by atomic mass is 9.93. The van der Waals surface area contributed by atoms with E-state index in [9.17, 15) is 4.79 Å². The fourth-order valence-electron chi connectivity index (χ4n) is 3.31. The fourth-order valence-corrected chi connectivity index (χ4v) is 3.31. The van der Waals surface area contributed by atoms with Crippen molar-refractivity contribution in [3.05, 3.63) is 35.9 Å². The summed E-state index contributed by atoms with van der Waals surface area (Å²) in [5.41, 5.74) is 1.33. The zero-order valence-corrected chi connectivity index (χ0v) is 13.1. The summed E-state index contributed by atoms with van der Waals surface area (Å²) in [7, 11) is 0. The molecule has 3 atom stereocenters. The minimum absolute atomic E-state index is 0. The zero-order chi connectivity index (χ0) is 13.9. The third-order valence-corrected chi connectivity index (χ3v) is 4.47. The van der Waals surface area contributed by atoms with Crippen LogP contribution < -0.4 is 5.32 Å². The predicted octanol–water partition coefficient (Wildman–Crippen LogP) is 1.80. The van der Waals surface area contributed by atoms with Crippen LogP contribution in [0.4, 0.5) is 0 Å². The number of rotatable bonds is 2. The molecule has 3 rings (SSSR count). The molecule has 1 aromatic carbocycles. The Morgan fingerprint density at radius 2 is 2.10 bits per heavy atom. The van der Waals surface area contributed by atoms with Gasteiger partial charge in [-0.25, -0.2) is 0 Å². The lowest BCUT2D eigenvalue weighted by Crippen LogP contribution is -2.50. The van der Waals surface area contributed by atoms with E-state index in [-0.39, 0.29) is 30.5 Å². The smallest absolute Gasteiger partial charge is 0.253 e. The molecule has 1 aromatic rings. The first-order chi connectivity index (χ1) is 9.77. The number of amides is 1. The average Bonchev–Trinajstić information content (AvgIpc) is 2.90. The average molecular weight is 311 g/mol. The highest BCUT2D eigenvalue weighted by Crippen LogP contribution is 2.33. The summed E-state index contributed by atoms with van der Waals surface area (Å²) in [6.45, 7) is 5.09. The van der Waals surface area contributed by atoms with Gasteiger partial charge in [0, 0.05) is 31.6 Å². The van der Waals surface area contributed by atoms with Crippen molar-refractivity contribution in [2.24, 2.45) is 0 Å². The number of nitrogens with zero attached hydrogens (tertiary/aromatic N) is 1. The number of hydrogen-bond acceptors (Lipinski definition) is 3. The Balaban J connectivity index is 0.00000161. The Labute approximate surface area is 132 Å². The van der Waals surface area contributed by atoms with E-state index in [1.54, 1.807) is 0 Å². The van der Waals surface area contributed by atoms with Crippen LogP contribution in [0.2, 0.25) is 0 Å². The molecule has 5 heteroatoms. The number of likely N-dealkylation sites (tertiary alicyclic amines) is 1. The Bertz CT molecular complexity index is 463. The monoisotopic (exact) mass is 310 g/mol. The van der Waals surface area contributed by atoms with Crippen LogP contribution in [0, 0.1) is 0 Å². The van der Waals surface area contributed by atoms with E-state index in [0.717, 1.165) is 19.5 Å². The molecule has 0 saturated carbocycles. The van der Waals surface area contributed by atoms with Gasteiger partial charge in [0.2, 0.25) is 0 Å². The fraction of sp³-hybridized carbons (Fsp3) is 0.562. The topological polar surface area (TPSA) is 41.6 Å². The third kappa shape index (κ3) is 3.39. The number of benzene rings is 1. The molecule has 2 saturated heterocycles. The maximum atomic E-state index is 12.5. The van der Waals surface area contributed by atoms with Crippen LogP contribution in [0.1, 0.15) is 24.8 Å². The first-order valence-electron chi connectivity index (χ1n) is 7.45. The van der Waals surface area contributed by atoms with Crippen LogP contribution in [0.15, 0.2) is 30.3 Å². The standard InChI is InChI=1S/C16H22N2O2.ClH/c1-12-14(13-5-3-2-4-6-13)7-9-18(12)16(19)15-11-17-8-10-20-15;/h2-6,12,14-15,17H,7-11H2,1H3;1H. The van der Waals surface area contributed by atoms with Crippen LogP contribution in [0.3, 0.4) is 0 Å². The molecule has 116 valence electrons. The van der Waals surface area contributed by atoms with Crippen molar-refractivity contribution in [1.82, 2.24) is 10.2 Å². The quantitative estimate of drug-likeness (QED) is 0.906. The molecule has 1 N–H and O–H groups in total. The second kappa shape index (κ2) is 7.25. The minimum Gasteiger partial charge on any atom is -0.366 e. The van der Waals surface area contributed by atoms with Crippen LogP contribution in [-0.2, 0) is 9.53 Å². The molecule has 0 bridgehead atoms. The van der Waals surface area contributed by atoms with Gasteiger partial charge in [-0.1, -0.05) is 30.3 Å². The molecular weight excluding hydrogens is 288 g/mol. The summed E-state index contributed by atoms with van der Waals surface area (Å²) in [6.07, 6.45) is 0.734. The number of carbonyl (C=O) groups excluding carboxylic acids is 1. The van der Waals surface area contributed by atoms with Gasteiger partial charge in [0.05, 0.1) is 6.61 Å². The summed E-state index contributed by atoms with van der Waals surface area (Å²) in [5.74, 6) is 0.583. The van der Waals surface area contributed by atoms with E-state index in [4.69, 9.17) is 4.74 Å². The van der Waals surface area contributed by atoms with Gasteiger partial charge in [0.1, 0.15) is 6.10 Å². The molecule has 2 fully saturated rings. The van der Waals surface area contributed by atoms with E-state index in [0.29, 0.717) is 19.1 Å². The van der Waals surface area contributed by atoms with Crippen molar-refractivity contribution in [1.29, 1.82) is 0 Å². The molecular formula is C16H23ClN2O2. The maximum absolute atomic E-state index is 12.5. The number of morpholine rings is 1. The Kier molecular flexibility index (Phi) is 5.62. The predicted molar refractivity (Wildman–Crippen MR) is 84.8 cm³/mol. The first-order valence-corrected chi connectivity index (χ1v) is 7.45. The lowest BCUT2D eigenvalue weighted by molar-refractivity contribution is -0.145. The van der Waals surface area contributed by atoms with E-state index in [2.05, 4.69) is 36.5 Å². The zero-order valence-electron chi connectivity index (χ0n) is 12.3. The van der Waals surface area contributed by atoms with Crippen molar-refractivity contribution in [3.63, 3.8) is 0 Å². The molecule has 0 aromatic heterocycles. The summed E-state index contributed by atoms with van der Waals surface area (Å²) >= 11 is 0. The van der Waals surface area contributed by atoms with Gasteiger partial charge in [0.25, 0.3) is 5.91 Å². The molecule has 0 spiro atoms. The van der Waals surface area contributed by atoms with Crippen molar-refractivity contribution in [2.75, 3.05) is 26.2 Å². The van der Waals surface area contributed by atoms with Gasteiger partial charge in [-0.05, 0) is 18.9 Å². The van der Waals surface area contributed by atoms with Crippen LogP contribution in [-0.4, -0.2) is 49.2 Å². The van der Waals surface area contributed by atoms with Crippen molar-refractivity contribution in [2.45, 2.75) is 31.4 Å². The van der Waals surface area contributed by atoms with Crippen LogP contribution in [0.25, 0.3) is 0 Å². The molecule has 4 nitrogen and oxygen atoms in total. The highest BCUT2D eigenvalue weighted by molar-refractivity contribution is 5.85. The molecule has 2 heterocycles. The number of ether oxygens (including phenoxy) is 1. The Morgan fingerprint density at radius 3 is 2.76 bits per heavy atom. The first kappa shape index (κ1) is 16.3. The lowest BCUT2D eigenvalue weighted by Gasteiger charge is -2.31. The Morgan fingerprint density at radius 1 is 1.33 bits per heavy atom. The van der Waals surface area contributed by atoms with Crippen molar-refractivity contribution in [3.8, 4) is 0 Å². The summed E-state index contributed by atoms with van der Waals surface area (Å²) in [4.78, 5) is 14.5. The molecule has 3 unspecified atom stereocenters. The normalized spacial score (nSPS) is 29.0. The largest absolute Gasteiger partial charge is 0.366 e. The number of halogens is 1. The number of hydrogen-bond donors (Lipinski definition) is 1.